The van der Waals surface area contributed by atoms with E-state index in [1.54, 1.807) is 7.11 Å². The predicted octanol–water partition coefficient (Wildman–Crippen LogP) is 2.77. The average Bonchev–Trinajstić information content (AvgIpc) is 2.30. The van der Waals surface area contributed by atoms with E-state index in [4.69, 9.17) is 9.47 Å². The van der Waals surface area contributed by atoms with E-state index in [2.05, 4.69) is 31.3 Å². The van der Waals surface area contributed by atoms with Crippen molar-refractivity contribution < 1.29 is 9.47 Å². The van der Waals surface area contributed by atoms with Crippen molar-refractivity contribution in [2.45, 2.75) is 32.9 Å². The SMILES string of the molecule is CCNC(C)c1ccc(OC(C)COC)cc1. The molecule has 0 saturated heterocycles. The second-order valence-electron chi connectivity index (χ2n) is 4.23. The fourth-order valence-electron chi connectivity index (χ4n) is 1.76. The zero-order valence-electron chi connectivity index (χ0n) is 11.2. The number of nitrogens with one attached hydrogen (secondary N) is 1. The van der Waals surface area contributed by atoms with E-state index in [0.717, 1.165) is 12.3 Å². The van der Waals surface area contributed by atoms with E-state index in [0.29, 0.717) is 12.6 Å². The number of hydrogen-bond acceptors (Lipinski definition) is 3. The summed E-state index contributed by atoms with van der Waals surface area (Å²) in [6.45, 7) is 7.85. The zero-order valence-corrected chi connectivity index (χ0v) is 11.2. The van der Waals surface area contributed by atoms with Crippen molar-refractivity contribution in [3.8, 4) is 5.75 Å². The van der Waals surface area contributed by atoms with Crippen LogP contribution in [0.1, 0.15) is 32.4 Å². The van der Waals surface area contributed by atoms with Gasteiger partial charge < -0.3 is 14.8 Å². The third-order valence-corrected chi connectivity index (χ3v) is 2.63. The Labute approximate surface area is 104 Å². The van der Waals surface area contributed by atoms with Gasteiger partial charge in [-0.05, 0) is 38.1 Å². The highest BCUT2D eigenvalue weighted by atomic mass is 16.5. The quantitative estimate of drug-likeness (QED) is 0.791. The van der Waals surface area contributed by atoms with Crippen molar-refractivity contribution in [1.29, 1.82) is 0 Å². The van der Waals surface area contributed by atoms with Crippen LogP contribution in [0.25, 0.3) is 0 Å². The smallest absolute Gasteiger partial charge is 0.119 e. The number of hydrogen-bond donors (Lipinski definition) is 1. The fourth-order valence-corrected chi connectivity index (χ4v) is 1.76. The highest BCUT2D eigenvalue weighted by molar-refractivity contribution is 5.29. The fraction of sp³-hybridized carbons (Fsp3) is 0.571. The Morgan fingerprint density at radius 2 is 1.82 bits per heavy atom. The van der Waals surface area contributed by atoms with E-state index < -0.39 is 0 Å². The van der Waals surface area contributed by atoms with Crippen LogP contribution in [-0.4, -0.2) is 26.4 Å². The maximum absolute atomic E-state index is 5.70. The molecule has 96 valence electrons. The Morgan fingerprint density at radius 3 is 2.35 bits per heavy atom. The normalized spacial score (nSPS) is 14.4. The van der Waals surface area contributed by atoms with Crippen LogP contribution < -0.4 is 10.1 Å². The molecule has 0 spiro atoms. The van der Waals surface area contributed by atoms with Gasteiger partial charge in [0.25, 0.3) is 0 Å². The molecule has 1 rings (SSSR count). The lowest BCUT2D eigenvalue weighted by atomic mass is 10.1. The molecule has 0 aliphatic rings. The van der Waals surface area contributed by atoms with Gasteiger partial charge in [-0.3, -0.25) is 0 Å². The maximum atomic E-state index is 5.70. The third-order valence-electron chi connectivity index (χ3n) is 2.63. The third kappa shape index (κ3) is 4.75. The molecule has 2 atom stereocenters. The van der Waals surface area contributed by atoms with E-state index in [1.165, 1.54) is 5.56 Å². The van der Waals surface area contributed by atoms with Crippen molar-refractivity contribution in [1.82, 2.24) is 5.32 Å². The molecular formula is C14H23NO2. The first kappa shape index (κ1) is 14.0. The maximum Gasteiger partial charge on any atom is 0.119 e. The van der Waals surface area contributed by atoms with Gasteiger partial charge in [-0.25, -0.2) is 0 Å². The van der Waals surface area contributed by atoms with Crippen LogP contribution in [0.5, 0.6) is 5.75 Å². The van der Waals surface area contributed by atoms with Gasteiger partial charge in [0, 0.05) is 13.2 Å². The summed E-state index contributed by atoms with van der Waals surface area (Å²) in [6.07, 6.45) is 0.0806. The molecule has 2 unspecified atom stereocenters. The van der Waals surface area contributed by atoms with E-state index in [9.17, 15) is 0 Å². The monoisotopic (exact) mass is 237 g/mol. The molecular weight excluding hydrogens is 214 g/mol. The summed E-state index contributed by atoms with van der Waals surface area (Å²) in [5, 5.41) is 3.38. The molecule has 0 aliphatic heterocycles. The standard InChI is InChI=1S/C14H23NO2/c1-5-15-12(3)13-6-8-14(9-7-13)17-11(2)10-16-4/h6-9,11-12,15H,5,10H2,1-4H3. The zero-order chi connectivity index (χ0) is 12.7. The van der Waals surface area contributed by atoms with Gasteiger partial charge >= 0.3 is 0 Å². The molecule has 3 nitrogen and oxygen atoms in total. The topological polar surface area (TPSA) is 30.5 Å². The summed E-state index contributed by atoms with van der Waals surface area (Å²) in [7, 11) is 1.68. The largest absolute Gasteiger partial charge is 0.488 e. The molecule has 0 aliphatic carbocycles. The second kappa shape index (κ2) is 7.30. The molecule has 0 radical (unpaired) electrons. The van der Waals surface area contributed by atoms with E-state index in [-0.39, 0.29) is 6.10 Å². The Kier molecular flexibility index (Phi) is 6.01. The van der Waals surface area contributed by atoms with Crippen LogP contribution >= 0.6 is 0 Å². The molecule has 0 saturated carbocycles. The molecule has 1 aromatic rings. The molecule has 0 fully saturated rings. The minimum absolute atomic E-state index is 0.0806. The number of ether oxygens (including phenoxy) is 2. The van der Waals surface area contributed by atoms with Crippen LogP contribution in [0.2, 0.25) is 0 Å². The number of rotatable bonds is 7. The van der Waals surface area contributed by atoms with E-state index in [1.807, 2.05) is 19.1 Å². The van der Waals surface area contributed by atoms with Gasteiger partial charge in [0.05, 0.1) is 6.61 Å². The lowest BCUT2D eigenvalue weighted by Crippen LogP contribution is -2.19. The minimum Gasteiger partial charge on any atom is -0.488 e. The summed E-state index contributed by atoms with van der Waals surface area (Å²) in [6, 6.07) is 8.60. The molecule has 0 bridgehead atoms. The molecule has 1 N–H and O–H groups in total. The first-order chi connectivity index (χ1) is 8.17. The van der Waals surface area contributed by atoms with Gasteiger partial charge in [0.1, 0.15) is 11.9 Å². The highest BCUT2D eigenvalue weighted by Crippen LogP contribution is 2.18. The summed E-state index contributed by atoms with van der Waals surface area (Å²) in [5.41, 5.74) is 1.28. The van der Waals surface area contributed by atoms with Crippen molar-refractivity contribution >= 4 is 0 Å². The molecule has 0 amide bonds. The molecule has 0 aromatic heterocycles. The molecule has 0 heterocycles. The Balaban J connectivity index is 2.55. The average molecular weight is 237 g/mol. The van der Waals surface area contributed by atoms with Gasteiger partial charge in [-0.15, -0.1) is 0 Å². The first-order valence-electron chi connectivity index (χ1n) is 6.16. The van der Waals surface area contributed by atoms with E-state index >= 15 is 0 Å². The molecule has 17 heavy (non-hydrogen) atoms. The predicted molar refractivity (Wildman–Crippen MR) is 70.5 cm³/mol. The van der Waals surface area contributed by atoms with Crippen molar-refractivity contribution in [2.75, 3.05) is 20.3 Å². The van der Waals surface area contributed by atoms with Crippen LogP contribution in [0.4, 0.5) is 0 Å². The Hall–Kier alpha value is -1.06. The van der Waals surface area contributed by atoms with Crippen molar-refractivity contribution in [2.24, 2.45) is 0 Å². The lowest BCUT2D eigenvalue weighted by molar-refractivity contribution is 0.0921. The minimum atomic E-state index is 0.0806. The van der Waals surface area contributed by atoms with Crippen LogP contribution in [0.15, 0.2) is 24.3 Å². The lowest BCUT2D eigenvalue weighted by Gasteiger charge is -2.16. The van der Waals surface area contributed by atoms with Gasteiger partial charge in [-0.1, -0.05) is 19.1 Å². The molecule has 3 heteroatoms. The first-order valence-corrected chi connectivity index (χ1v) is 6.16. The van der Waals surface area contributed by atoms with Crippen LogP contribution in [0, 0.1) is 0 Å². The summed E-state index contributed by atoms with van der Waals surface area (Å²) in [4.78, 5) is 0. The Morgan fingerprint density at radius 1 is 1.18 bits per heavy atom. The molecule has 1 aromatic carbocycles. The highest BCUT2D eigenvalue weighted by Gasteiger charge is 2.05. The Bertz CT molecular complexity index is 311. The van der Waals surface area contributed by atoms with Crippen LogP contribution in [-0.2, 0) is 4.74 Å². The summed E-state index contributed by atoms with van der Waals surface area (Å²) < 4.78 is 10.7. The van der Waals surface area contributed by atoms with Gasteiger partial charge in [0.2, 0.25) is 0 Å². The summed E-state index contributed by atoms with van der Waals surface area (Å²) >= 11 is 0. The number of methoxy groups -OCH3 is 1. The van der Waals surface area contributed by atoms with Gasteiger partial charge in [0.15, 0.2) is 0 Å². The summed E-state index contributed by atoms with van der Waals surface area (Å²) in [5.74, 6) is 0.891. The van der Waals surface area contributed by atoms with Crippen molar-refractivity contribution in [3.63, 3.8) is 0 Å². The van der Waals surface area contributed by atoms with Crippen molar-refractivity contribution in [3.05, 3.63) is 29.8 Å². The van der Waals surface area contributed by atoms with Crippen LogP contribution in [0.3, 0.4) is 0 Å². The second-order valence-corrected chi connectivity index (χ2v) is 4.23. The van der Waals surface area contributed by atoms with Gasteiger partial charge in [-0.2, -0.15) is 0 Å². The number of benzene rings is 1.